The number of aliphatic hydroxyl groups is 4. The smallest absolute Gasteiger partial charge is 0.349 e. The molecule has 0 bridgehead atoms. The minimum absolute atomic E-state index is 0.0516. The predicted molar refractivity (Wildman–Crippen MR) is 167 cm³/mol. The summed E-state index contributed by atoms with van der Waals surface area (Å²) in [6.07, 6.45) is -6.18. The summed E-state index contributed by atoms with van der Waals surface area (Å²) in [6.45, 7) is 9.44. The van der Waals surface area contributed by atoms with Crippen molar-refractivity contribution >= 4 is 21.3 Å². The van der Waals surface area contributed by atoms with Crippen molar-refractivity contribution in [2.45, 2.75) is 102 Å². The van der Waals surface area contributed by atoms with Crippen molar-refractivity contribution in [3.05, 3.63) is 44.1 Å². The highest BCUT2D eigenvalue weighted by atomic mass is 32.2. The molecular weight excluding hydrogens is 674 g/mol. The van der Waals surface area contributed by atoms with Gasteiger partial charge in [-0.05, 0) is 64.8 Å². The van der Waals surface area contributed by atoms with E-state index in [1.807, 2.05) is 13.8 Å². The minimum Gasteiger partial charge on any atom is -0.394 e. The molecule has 6 rings (SSSR count). The molecule has 49 heavy (non-hydrogen) atoms. The summed E-state index contributed by atoms with van der Waals surface area (Å²) in [7, 11) is -4.14. The monoisotopic (exact) mass is 715 g/mol. The van der Waals surface area contributed by atoms with Crippen LogP contribution >= 0.6 is 0 Å². The van der Waals surface area contributed by atoms with E-state index < -0.39 is 82.6 Å². The Hall–Kier alpha value is -2.99. The molecular formula is C29H41N5O14S. The Morgan fingerprint density at radius 3 is 2.37 bits per heavy atom. The lowest BCUT2D eigenvalue weighted by molar-refractivity contribution is -0.290. The number of nitrogens with zero attached hydrogens (tertiary/aromatic N) is 3. The molecule has 0 spiro atoms. The molecule has 0 amide bonds. The topological polar surface area (TPSA) is 277 Å². The molecule has 3 saturated heterocycles. The highest BCUT2D eigenvalue weighted by molar-refractivity contribution is 7.84. The van der Waals surface area contributed by atoms with Crippen LogP contribution < -0.4 is 16.4 Å². The summed E-state index contributed by atoms with van der Waals surface area (Å²) in [4.78, 5) is 34.0. The highest BCUT2D eigenvalue weighted by Gasteiger charge is 2.65. The lowest BCUT2D eigenvalue weighted by atomic mass is 9.98. The maximum absolute atomic E-state index is 12.2. The van der Waals surface area contributed by atoms with Crippen molar-refractivity contribution in [3.8, 4) is 11.5 Å². The van der Waals surface area contributed by atoms with Crippen LogP contribution in [0.5, 0.6) is 0 Å². The van der Waals surface area contributed by atoms with Crippen molar-refractivity contribution in [1.29, 1.82) is 0 Å². The molecule has 7 atom stereocenters. The molecule has 272 valence electrons. The van der Waals surface area contributed by atoms with Crippen LogP contribution in [0, 0.1) is 13.8 Å². The molecule has 7 N–H and O–H groups in total. The Morgan fingerprint density at radius 2 is 1.71 bits per heavy atom. The predicted octanol–water partition coefficient (Wildman–Crippen LogP) is -2.12. The fraction of sp³-hybridized carbons (Fsp3) is 0.655. The Kier molecular flexibility index (Phi) is 10.1. The van der Waals surface area contributed by atoms with Gasteiger partial charge < -0.3 is 48.7 Å². The number of aryl methyl sites for hydroxylation is 2. The average Bonchev–Trinajstić information content (AvgIpc) is 3.47. The summed E-state index contributed by atoms with van der Waals surface area (Å²) in [5, 5.41) is 43.7. The van der Waals surface area contributed by atoms with Crippen LogP contribution in [-0.2, 0) is 44.7 Å². The van der Waals surface area contributed by atoms with Crippen LogP contribution in [-0.4, -0.2) is 122 Å². The maximum Gasteiger partial charge on any atom is 0.349 e. The van der Waals surface area contributed by atoms with Gasteiger partial charge in [0, 0.05) is 0 Å². The van der Waals surface area contributed by atoms with Gasteiger partial charge in [0.2, 0.25) is 5.79 Å². The van der Waals surface area contributed by atoms with Gasteiger partial charge in [-0.2, -0.15) is 13.4 Å². The molecule has 5 aliphatic heterocycles. The zero-order valence-electron chi connectivity index (χ0n) is 27.6. The molecule has 0 radical (unpaired) electrons. The molecule has 19 nitrogen and oxygen atoms in total. The Labute approximate surface area is 280 Å². The normalized spacial score (nSPS) is 27.6. The molecule has 1 aromatic carbocycles. The number of rotatable bonds is 8. The van der Waals surface area contributed by atoms with Gasteiger partial charge in [0.1, 0.15) is 43.2 Å². The molecule has 5 heterocycles. The fourth-order valence-corrected chi connectivity index (χ4v) is 6.33. The summed E-state index contributed by atoms with van der Waals surface area (Å²) in [5.74, 6) is -3.24. The molecule has 0 saturated carbocycles. The summed E-state index contributed by atoms with van der Waals surface area (Å²) in [6, 6.07) is 3.53. The maximum atomic E-state index is 12.2. The van der Waals surface area contributed by atoms with Crippen molar-refractivity contribution in [2.75, 3.05) is 19.8 Å². The zero-order chi connectivity index (χ0) is 36.3. The Bertz CT molecular complexity index is 1900. The van der Waals surface area contributed by atoms with Crippen molar-refractivity contribution in [2.24, 2.45) is 5.14 Å². The molecule has 0 aliphatic carbocycles. The first-order valence-electron chi connectivity index (χ1n) is 15.3. The number of H-pyrrole nitrogens is 1. The lowest BCUT2D eigenvalue weighted by Gasteiger charge is -2.40. The van der Waals surface area contributed by atoms with Crippen LogP contribution in [0.1, 0.15) is 38.8 Å². The summed E-state index contributed by atoms with van der Waals surface area (Å²) >= 11 is 0. The third-order valence-corrected chi connectivity index (χ3v) is 8.71. The van der Waals surface area contributed by atoms with Crippen LogP contribution in [0.3, 0.4) is 0 Å². The van der Waals surface area contributed by atoms with Gasteiger partial charge in [-0.3, -0.25) is 14.0 Å². The van der Waals surface area contributed by atoms with Gasteiger partial charge in [0.25, 0.3) is 5.56 Å². The quantitative estimate of drug-likeness (QED) is 0.136. The van der Waals surface area contributed by atoms with E-state index in [2.05, 4.69) is 15.0 Å². The number of ether oxygens (including phenoxy) is 5. The number of aliphatic hydroxyl groups excluding tert-OH is 4. The molecule has 5 aliphatic rings. The van der Waals surface area contributed by atoms with Crippen LogP contribution in [0.4, 0.5) is 0 Å². The van der Waals surface area contributed by atoms with Gasteiger partial charge in [-0.15, -0.1) is 0 Å². The number of nitrogens with one attached hydrogen (secondary N) is 1. The van der Waals surface area contributed by atoms with E-state index in [4.69, 9.17) is 38.1 Å². The third kappa shape index (κ3) is 7.85. The van der Waals surface area contributed by atoms with Gasteiger partial charge in [-0.1, -0.05) is 0 Å². The third-order valence-electron chi connectivity index (χ3n) is 8.27. The first-order chi connectivity index (χ1) is 22.6. The molecule has 0 unspecified atom stereocenters. The largest absolute Gasteiger partial charge is 0.394 e. The van der Waals surface area contributed by atoms with E-state index in [-0.39, 0.29) is 30.8 Å². The molecule has 0 aromatic heterocycles. The number of benzene rings is 1. The van der Waals surface area contributed by atoms with E-state index in [0.29, 0.717) is 11.0 Å². The van der Waals surface area contributed by atoms with Crippen molar-refractivity contribution in [3.63, 3.8) is 0 Å². The standard InChI is InChI=1S/C17H20N4O6.C12H21NO8S/c1-7-3-9-10(4-8(7)2)21(5-11(23)14(25)12(24)6-22)15-13(18-9)16(26)20-17(27)19-15;1-10(2)18-7-5-16-12(6-17-22(13,14)15)9(8(7)19-10)20-11(3,4)21-12/h3-4,11-12,14,22-25H,5-6H2,1-2H3,(H,20,26,27);7-9H,5-6H2,1-4H3,(H2,13,14,15)/t11-,12+,14-;7-,8-,9+,12+/m01/s1. The van der Waals surface area contributed by atoms with E-state index in [1.54, 1.807) is 39.8 Å². The first kappa shape index (κ1) is 37.3. The van der Waals surface area contributed by atoms with Crippen LogP contribution in [0.2, 0.25) is 0 Å². The molecule has 20 heteroatoms. The second-order valence-electron chi connectivity index (χ2n) is 13.1. The molecule has 1 aromatic rings. The van der Waals surface area contributed by atoms with Gasteiger partial charge in [0.05, 0.1) is 30.8 Å². The van der Waals surface area contributed by atoms with E-state index in [0.717, 1.165) is 11.1 Å². The van der Waals surface area contributed by atoms with Crippen LogP contribution in [0.15, 0.2) is 21.7 Å². The second-order valence-corrected chi connectivity index (χ2v) is 14.3. The second kappa shape index (κ2) is 13.3. The lowest BCUT2D eigenvalue weighted by Crippen LogP contribution is -2.60. The number of hydrogen-bond donors (Lipinski definition) is 6. The summed E-state index contributed by atoms with van der Waals surface area (Å²) < 4.78 is 57.3. The number of nitrogens with two attached hydrogens (primary N) is 1. The number of fused-ring (bicyclic) bond motifs is 5. The van der Waals surface area contributed by atoms with Gasteiger partial charge >= 0.3 is 16.0 Å². The summed E-state index contributed by atoms with van der Waals surface area (Å²) in [5.41, 5.74) is 1.11. The van der Waals surface area contributed by atoms with Gasteiger partial charge in [-0.25, -0.2) is 14.9 Å². The fourth-order valence-electron chi connectivity index (χ4n) is 6.01. The van der Waals surface area contributed by atoms with Gasteiger partial charge in [0.15, 0.2) is 23.1 Å². The minimum atomic E-state index is -4.14. The zero-order valence-corrected chi connectivity index (χ0v) is 28.5. The Morgan fingerprint density at radius 1 is 1.04 bits per heavy atom. The highest BCUT2D eigenvalue weighted by Crippen LogP contribution is 2.47. The number of aromatic amines is 1. The van der Waals surface area contributed by atoms with E-state index in [9.17, 15) is 33.3 Å². The average molecular weight is 716 g/mol. The SMILES string of the molecule is CC1(C)O[C@@H]2[C@@H](CO[C@@]3(COS(N)(=O)=O)OC(C)(C)O[C@@H]23)O1.Cc1cc2nc3c(=O)[nH]c(=O)nc-3n(C[C@H](O)[C@H](O)[C@H](O)CO)c2cc1C. The number of hydrogen-bond acceptors (Lipinski definition) is 16. The van der Waals surface area contributed by atoms with Crippen molar-refractivity contribution < 1.29 is 56.7 Å². The molecule has 3 fully saturated rings. The first-order valence-corrected chi connectivity index (χ1v) is 16.7. The van der Waals surface area contributed by atoms with E-state index >= 15 is 0 Å². The van der Waals surface area contributed by atoms with E-state index in [1.165, 1.54) is 4.57 Å². The number of aromatic nitrogens is 4. The van der Waals surface area contributed by atoms with Crippen molar-refractivity contribution in [1.82, 2.24) is 19.5 Å². The Balaban J connectivity index is 0.000000195. The van der Waals surface area contributed by atoms with Crippen LogP contribution in [0.25, 0.3) is 22.6 Å².